The number of benzene rings is 9. The number of nitrogens with zero attached hydrogens (tertiary/aromatic N) is 1. The molecule has 1 aliphatic rings. The van der Waals surface area contributed by atoms with Gasteiger partial charge < -0.3 is 9.32 Å². The van der Waals surface area contributed by atoms with E-state index in [2.05, 4.69) is 207 Å². The molecule has 0 spiro atoms. The summed E-state index contributed by atoms with van der Waals surface area (Å²) in [5, 5.41) is 4.77. The lowest BCUT2D eigenvalue weighted by atomic mass is 9.79. The lowest BCUT2D eigenvalue weighted by Gasteiger charge is -2.27. The molecule has 2 nitrogen and oxygen atoms in total. The van der Waals surface area contributed by atoms with E-state index in [4.69, 9.17) is 4.42 Å². The second-order valence-electron chi connectivity index (χ2n) is 15.7. The van der Waals surface area contributed by atoms with Crippen molar-refractivity contribution < 1.29 is 4.42 Å². The Morgan fingerprint density at radius 1 is 0.386 bits per heavy atom. The quantitative estimate of drug-likeness (QED) is 0.169. The second kappa shape index (κ2) is 13.0. The molecule has 0 unspecified atom stereocenters. The summed E-state index contributed by atoms with van der Waals surface area (Å²) in [6.45, 7) is 4.72. The Balaban J connectivity index is 1.02. The molecule has 9 aromatic carbocycles. The molecule has 57 heavy (non-hydrogen) atoms. The van der Waals surface area contributed by atoms with E-state index in [-0.39, 0.29) is 5.41 Å². The maximum Gasteiger partial charge on any atom is 0.136 e. The summed E-state index contributed by atoms with van der Waals surface area (Å²) >= 11 is 0. The van der Waals surface area contributed by atoms with Crippen LogP contribution in [0.4, 0.5) is 17.1 Å². The zero-order valence-electron chi connectivity index (χ0n) is 31.9. The molecule has 1 heterocycles. The number of anilines is 3. The standard InChI is InChI=1S/C55H39NO/c1-55(2)50-21-7-5-16-47(50)48-20-10-19-46(54(48)55)38-28-32-43(33-29-38)56(44-15-9-14-40(35-44)41-25-24-36-12-3-4-13-39(36)34-41)42-30-26-37(27-31-42)45-18-11-23-52-53(45)49-17-6-8-22-51(49)57-52/h3-35H,1-2H3. The molecule has 0 radical (unpaired) electrons. The van der Waals surface area contributed by atoms with Crippen molar-refractivity contribution in [2.24, 2.45) is 0 Å². The Hall–Kier alpha value is -7.16. The average molecular weight is 730 g/mol. The first-order chi connectivity index (χ1) is 28.0. The average Bonchev–Trinajstić information content (AvgIpc) is 3.76. The third-order valence-electron chi connectivity index (χ3n) is 12.0. The molecule has 10 aromatic rings. The fraction of sp³-hybridized carbons (Fsp3) is 0.0545. The van der Waals surface area contributed by atoms with E-state index in [0.29, 0.717) is 0 Å². The predicted molar refractivity (Wildman–Crippen MR) is 240 cm³/mol. The molecule has 0 aliphatic heterocycles. The molecular formula is C55H39NO. The number of furan rings is 1. The van der Waals surface area contributed by atoms with Crippen LogP contribution in [-0.2, 0) is 5.41 Å². The Morgan fingerprint density at radius 2 is 0.965 bits per heavy atom. The van der Waals surface area contributed by atoms with E-state index >= 15 is 0 Å². The molecule has 0 fully saturated rings. The largest absolute Gasteiger partial charge is 0.456 e. The monoisotopic (exact) mass is 729 g/mol. The number of fused-ring (bicyclic) bond motifs is 7. The van der Waals surface area contributed by atoms with Crippen LogP contribution in [0.3, 0.4) is 0 Å². The summed E-state index contributed by atoms with van der Waals surface area (Å²) in [5.74, 6) is 0. The Labute approximate surface area is 332 Å². The van der Waals surface area contributed by atoms with E-state index in [1.54, 1.807) is 0 Å². The van der Waals surface area contributed by atoms with Gasteiger partial charge in [-0.05, 0) is 121 Å². The van der Waals surface area contributed by atoms with Crippen LogP contribution in [0.1, 0.15) is 25.0 Å². The maximum atomic E-state index is 6.25. The molecule has 0 amide bonds. The normalized spacial score (nSPS) is 12.9. The Morgan fingerprint density at radius 3 is 1.79 bits per heavy atom. The van der Waals surface area contributed by atoms with E-state index in [9.17, 15) is 0 Å². The van der Waals surface area contributed by atoms with Gasteiger partial charge in [-0.15, -0.1) is 0 Å². The highest BCUT2D eigenvalue weighted by molar-refractivity contribution is 6.12. The fourth-order valence-electron chi connectivity index (χ4n) is 9.32. The van der Waals surface area contributed by atoms with Gasteiger partial charge in [0.2, 0.25) is 0 Å². The lowest BCUT2D eigenvalue weighted by Crippen LogP contribution is -2.16. The second-order valence-corrected chi connectivity index (χ2v) is 15.7. The molecule has 0 N–H and O–H groups in total. The van der Waals surface area contributed by atoms with E-state index in [0.717, 1.165) is 44.6 Å². The third-order valence-corrected chi connectivity index (χ3v) is 12.0. The van der Waals surface area contributed by atoms with Crippen LogP contribution in [0.2, 0.25) is 0 Å². The van der Waals surface area contributed by atoms with Crippen LogP contribution in [-0.4, -0.2) is 0 Å². The number of hydrogen-bond acceptors (Lipinski definition) is 2. The number of rotatable bonds is 6. The van der Waals surface area contributed by atoms with Crippen molar-refractivity contribution in [3.8, 4) is 44.5 Å². The highest BCUT2D eigenvalue weighted by Gasteiger charge is 2.37. The smallest absolute Gasteiger partial charge is 0.136 e. The van der Waals surface area contributed by atoms with Crippen molar-refractivity contribution >= 4 is 49.8 Å². The van der Waals surface area contributed by atoms with E-state index < -0.39 is 0 Å². The summed E-state index contributed by atoms with van der Waals surface area (Å²) in [5.41, 5.74) is 17.7. The van der Waals surface area contributed by atoms with Gasteiger partial charge in [-0.1, -0.05) is 159 Å². The maximum absolute atomic E-state index is 6.25. The first kappa shape index (κ1) is 33.2. The molecule has 0 bridgehead atoms. The van der Waals surface area contributed by atoms with Crippen molar-refractivity contribution in [1.29, 1.82) is 0 Å². The first-order valence-corrected chi connectivity index (χ1v) is 19.8. The third kappa shape index (κ3) is 5.40. The minimum atomic E-state index is -0.0920. The fourth-order valence-corrected chi connectivity index (χ4v) is 9.32. The van der Waals surface area contributed by atoms with Gasteiger partial charge in [-0.3, -0.25) is 0 Å². The molecule has 270 valence electrons. The first-order valence-electron chi connectivity index (χ1n) is 19.8. The summed E-state index contributed by atoms with van der Waals surface area (Å²) in [6, 6.07) is 72.6. The number of para-hydroxylation sites is 1. The Bertz CT molecular complexity index is 3150. The topological polar surface area (TPSA) is 16.4 Å². The molecular weight excluding hydrogens is 691 g/mol. The zero-order valence-corrected chi connectivity index (χ0v) is 31.9. The van der Waals surface area contributed by atoms with Crippen molar-refractivity contribution in [2.45, 2.75) is 19.3 Å². The summed E-state index contributed by atoms with van der Waals surface area (Å²) in [6.07, 6.45) is 0. The Kier molecular flexibility index (Phi) is 7.55. The van der Waals surface area contributed by atoms with Crippen LogP contribution in [0.5, 0.6) is 0 Å². The van der Waals surface area contributed by atoms with Gasteiger partial charge in [0.25, 0.3) is 0 Å². The molecule has 11 rings (SSSR count). The minimum absolute atomic E-state index is 0.0920. The molecule has 0 saturated carbocycles. The van der Waals surface area contributed by atoms with Crippen molar-refractivity contribution in [2.75, 3.05) is 4.90 Å². The van der Waals surface area contributed by atoms with Crippen molar-refractivity contribution in [3.05, 3.63) is 211 Å². The molecule has 1 aliphatic carbocycles. The molecule has 0 atom stereocenters. The van der Waals surface area contributed by atoms with Crippen molar-refractivity contribution in [3.63, 3.8) is 0 Å². The van der Waals surface area contributed by atoms with E-state index in [1.165, 1.54) is 60.8 Å². The van der Waals surface area contributed by atoms with Crippen LogP contribution in [0.25, 0.3) is 77.2 Å². The zero-order chi connectivity index (χ0) is 38.1. The predicted octanol–water partition coefficient (Wildman–Crippen LogP) is 15.5. The van der Waals surface area contributed by atoms with Gasteiger partial charge in [0.05, 0.1) is 0 Å². The molecule has 1 aromatic heterocycles. The van der Waals surface area contributed by atoms with Gasteiger partial charge in [0.1, 0.15) is 11.2 Å². The lowest BCUT2D eigenvalue weighted by molar-refractivity contribution is 0.662. The van der Waals surface area contributed by atoms with Gasteiger partial charge in [-0.2, -0.15) is 0 Å². The molecule has 0 saturated heterocycles. The van der Waals surface area contributed by atoms with Crippen molar-refractivity contribution in [1.82, 2.24) is 0 Å². The van der Waals surface area contributed by atoms with Gasteiger partial charge in [0, 0.05) is 33.2 Å². The van der Waals surface area contributed by atoms with Crippen LogP contribution < -0.4 is 4.90 Å². The summed E-state index contributed by atoms with van der Waals surface area (Å²) in [4.78, 5) is 2.38. The van der Waals surface area contributed by atoms with Crippen LogP contribution >= 0.6 is 0 Å². The minimum Gasteiger partial charge on any atom is -0.456 e. The summed E-state index contributed by atoms with van der Waals surface area (Å²) in [7, 11) is 0. The summed E-state index contributed by atoms with van der Waals surface area (Å²) < 4.78 is 6.25. The van der Waals surface area contributed by atoms with E-state index in [1.807, 2.05) is 12.1 Å². The van der Waals surface area contributed by atoms with Crippen LogP contribution in [0, 0.1) is 0 Å². The number of hydrogen-bond donors (Lipinski definition) is 0. The highest BCUT2D eigenvalue weighted by Crippen LogP contribution is 2.52. The van der Waals surface area contributed by atoms with Gasteiger partial charge >= 0.3 is 0 Å². The highest BCUT2D eigenvalue weighted by atomic mass is 16.3. The van der Waals surface area contributed by atoms with Crippen LogP contribution in [0.15, 0.2) is 205 Å². The molecule has 2 heteroatoms. The van der Waals surface area contributed by atoms with Gasteiger partial charge in [-0.25, -0.2) is 0 Å². The SMILES string of the molecule is CC1(C)c2ccccc2-c2cccc(-c3ccc(N(c4ccc(-c5cccc6oc7ccccc7c56)cc4)c4cccc(-c5ccc6ccccc6c5)c4)cc3)c21. The van der Waals surface area contributed by atoms with Gasteiger partial charge in [0.15, 0.2) is 0 Å².